The maximum atomic E-state index is 13.0. The van der Waals surface area contributed by atoms with E-state index in [0.717, 1.165) is 5.39 Å². The average Bonchev–Trinajstić information content (AvgIpc) is 3.33. The van der Waals surface area contributed by atoms with E-state index in [1.54, 1.807) is 29.3 Å². The smallest absolute Gasteiger partial charge is 0.419 e. The van der Waals surface area contributed by atoms with Crippen LogP contribution in [0.4, 0.5) is 27.8 Å². The minimum absolute atomic E-state index is 0.0512. The Morgan fingerprint density at radius 2 is 1.82 bits per heavy atom. The molecule has 0 aliphatic heterocycles. The Morgan fingerprint density at radius 3 is 2.48 bits per heavy atom. The first-order valence-electron chi connectivity index (χ1n) is 14.3. The van der Waals surface area contributed by atoms with Gasteiger partial charge in [0.2, 0.25) is 17.8 Å². The zero-order valence-corrected chi connectivity index (χ0v) is 26.8. The van der Waals surface area contributed by atoms with Crippen LogP contribution in [0.15, 0.2) is 54.9 Å². The van der Waals surface area contributed by atoms with Gasteiger partial charge in [-0.25, -0.2) is 14.8 Å². The second-order valence-electron chi connectivity index (χ2n) is 11.5. The molecular weight excluding hydrogens is 582 g/mol. The van der Waals surface area contributed by atoms with Crippen molar-refractivity contribution < 1.29 is 19.1 Å². The van der Waals surface area contributed by atoms with Crippen molar-refractivity contribution in [3.63, 3.8) is 0 Å². The SMILES string of the molecule is CCN(C(=O)CCN(C)C)c1ccc(Nc2ncc(Cl)c(-c3cn(C(=O)OC(C)(C)C)c4ccccc34)n2)cc1NC(C)=O. The fourth-order valence-electron chi connectivity index (χ4n) is 4.65. The second-order valence-corrected chi connectivity index (χ2v) is 11.9. The van der Waals surface area contributed by atoms with Crippen molar-refractivity contribution in [2.24, 2.45) is 0 Å². The highest BCUT2D eigenvalue weighted by molar-refractivity contribution is 6.33. The molecule has 44 heavy (non-hydrogen) atoms. The monoisotopic (exact) mass is 619 g/mol. The van der Waals surface area contributed by atoms with E-state index in [1.807, 2.05) is 71.0 Å². The first-order chi connectivity index (χ1) is 20.8. The van der Waals surface area contributed by atoms with Crippen molar-refractivity contribution >= 4 is 63.4 Å². The number of hydrogen-bond acceptors (Lipinski definition) is 8. The van der Waals surface area contributed by atoms with Gasteiger partial charge in [-0.2, -0.15) is 0 Å². The van der Waals surface area contributed by atoms with E-state index in [-0.39, 0.29) is 17.8 Å². The summed E-state index contributed by atoms with van der Waals surface area (Å²) in [6.45, 7) is 9.77. The van der Waals surface area contributed by atoms with E-state index in [9.17, 15) is 14.4 Å². The molecule has 2 aromatic carbocycles. The number of ether oxygens (including phenoxy) is 1. The number of fused-ring (bicyclic) bond motifs is 1. The lowest BCUT2D eigenvalue weighted by Gasteiger charge is -2.25. The third-order valence-corrected chi connectivity index (χ3v) is 6.82. The van der Waals surface area contributed by atoms with E-state index in [4.69, 9.17) is 21.3 Å². The summed E-state index contributed by atoms with van der Waals surface area (Å²) in [6.07, 6.45) is 2.96. The van der Waals surface area contributed by atoms with Crippen LogP contribution in [0.1, 0.15) is 41.0 Å². The van der Waals surface area contributed by atoms with Gasteiger partial charge in [0, 0.05) is 49.3 Å². The molecule has 0 saturated carbocycles. The van der Waals surface area contributed by atoms with Crippen molar-refractivity contribution in [2.75, 3.05) is 42.7 Å². The normalized spacial score (nSPS) is 11.5. The summed E-state index contributed by atoms with van der Waals surface area (Å²) in [4.78, 5) is 50.8. The molecule has 2 heterocycles. The number of nitrogens with zero attached hydrogens (tertiary/aromatic N) is 5. The molecule has 2 aromatic heterocycles. The summed E-state index contributed by atoms with van der Waals surface area (Å²) in [7, 11) is 3.83. The van der Waals surface area contributed by atoms with Crippen LogP contribution in [0.2, 0.25) is 5.02 Å². The molecule has 2 N–H and O–H groups in total. The van der Waals surface area contributed by atoms with Gasteiger partial charge < -0.3 is 25.2 Å². The zero-order valence-electron chi connectivity index (χ0n) is 26.1. The average molecular weight is 620 g/mol. The summed E-state index contributed by atoms with van der Waals surface area (Å²) >= 11 is 6.59. The number of anilines is 4. The Kier molecular flexibility index (Phi) is 9.91. The Morgan fingerprint density at radius 1 is 1.09 bits per heavy atom. The highest BCUT2D eigenvalue weighted by Crippen LogP contribution is 2.36. The van der Waals surface area contributed by atoms with Crippen LogP contribution in [0, 0.1) is 0 Å². The number of rotatable bonds is 9. The molecule has 0 fully saturated rings. The van der Waals surface area contributed by atoms with E-state index in [1.165, 1.54) is 17.7 Å². The minimum Gasteiger partial charge on any atom is -0.443 e. The third kappa shape index (κ3) is 7.72. The molecule has 0 spiro atoms. The Hall–Kier alpha value is -4.48. The summed E-state index contributed by atoms with van der Waals surface area (Å²) < 4.78 is 7.06. The Balaban J connectivity index is 1.70. The van der Waals surface area contributed by atoms with Gasteiger partial charge >= 0.3 is 6.09 Å². The van der Waals surface area contributed by atoms with E-state index in [2.05, 4.69) is 15.6 Å². The quantitative estimate of drug-likeness (QED) is 0.217. The van der Waals surface area contributed by atoms with Crippen molar-refractivity contribution in [1.82, 2.24) is 19.4 Å². The lowest BCUT2D eigenvalue weighted by molar-refractivity contribution is -0.119. The van der Waals surface area contributed by atoms with Gasteiger partial charge in [0.1, 0.15) is 5.60 Å². The minimum atomic E-state index is -0.675. The number of carbonyl (C=O) groups excluding carboxylic acids is 3. The van der Waals surface area contributed by atoms with Crippen LogP contribution in [0.3, 0.4) is 0 Å². The third-order valence-electron chi connectivity index (χ3n) is 6.55. The molecule has 0 bridgehead atoms. The highest BCUT2D eigenvalue weighted by Gasteiger charge is 2.23. The number of carbonyl (C=O) groups is 3. The van der Waals surface area contributed by atoms with Gasteiger partial charge in [-0.1, -0.05) is 29.8 Å². The predicted molar refractivity (Wildman–Crippen MR) is 175 cm³/mol. The van der Waals surface area contributed by atoms with Crippen LogP contribution in [-0.2, 0) is 14.3 Å². The summed E-state index contributed by atoms with van der Waals surface area (Å²) in [5.41, 5.74) is 2.67. The summed E-state index contributed by atoms with van der Waals surface area (Å²) in [5.74, 6) is -0.0780. The highest BCUT2D eigenvalue weighted by atomic mass is 35.5. The first-order valence-corrected chi connectivity index (χ1v) is 14.6. The number of para-hydroxylation sites is 1. The van der Waals surface area contributed by atoms with Crippen LogP contribution in [0.5, 0.6) is 0 Å². The first kappa shape index (κ1) is 32.4. The lowest BCUT2D eigenvalue weighted by Crippen LogP contribution is -2.33. The maximum Gasteiger partial charge on any atom is 0.419 e. The van der Waals surface area contributed by atoms with Crippen LogP contribution in [0.25, 0.3) is 22.2 Å². The standard InChI is InChI=1S/C32H38ClN7O4/c1-8-39(28(42)15-16-38(6)7)27-14-13-21(17-25(27)35-20(2)41)36-30-34-18-24(33)29(37-30)23-19-40(31(43)44-32(3,4)5)26-12-10-9-11-22(23)26/h9-14,17-19H,8,15-16H2,1-7H3,(H,35,41)(H,34,36,37). The van der Waals surface area contributed by atoms with Crippen molar-refractivity contribution in [3.05, 3.63) is 59.9 Å². The van der Waals surface area contributed by atoms with Crippen LogP contribution in [-0.4, -0.2) is 70.1 Å². The number of aromatic nitrogens is 3. The Bertz CT molecular complexity index is 1690. The zero-order chi connectivity index (χ0) is 32.2. The number of benzene rings is 2. The van der Waals surface area contributed by atoms with Gasteiger partial charge in [-0.15, -0.1) is 0 Å². The molecule has 0 atom stereocenters. The molecule has 0 unspecified atom stereocenters. The fraction of sp³-hybridized carbons (Fsp3) is 0.344. The molecule has 0 aliphatic carbocycles. The maximum absolute atomic E-state index is 13.0. The molecule has 2 amide bonds. The molecule has 232 valence electrons. The van der Waals surface area contributed by atoms with Crippen LogP contribution >= 0.6 is 11.6 Å². The molecule has 4 aromatic rings. The van der Waals surface area contributed by atoms with Crippen molar-refractivity contribution in [1.29, 1.82) is 0 Å². The summed E-state index contributed by atoms with van der Waals surface area (Å²) in [5, 5.41) is 7.08. The molecule has 12 heteroatoms. The van der Waals surface area contributed by atoms with E-state index >= 15 is 0 Å². The van der Waals surface area contributed by atoms with Gasteiger partial charge in [-0.3, -0.25) is 14.2 Å². The molecule has 0 aliphatic rings. The molecular formula is C32H38ClN7O4. The molecule has 4 rings (SSSR count). The molecule has 11 nitrogen and oxygen atoms in total. The molecule has 0 radical (unpaired) electrons. The van der Waals surface area contributed by atoms with Gasteiger partial charge in [0.05, 0.1) is 33.8 Å². The van der Waals surface area contributed by atoms with Crippen molar-refractivity contribution in [2.45, 2.75) is 46.6 Å². The molecule has 0 saturated heterocycles. The topological polar surface area (TPSA) is 122 Å². The van der Waals surface area contributed by atoms with E-state index < -0.39 is 11.7 Å². The van der Waals surface area contributed by atoms with Crippen LogP contribution < -0.4 is 15.5 Å². The summed E-state index contributed by atoms with van der Waals surface area (Å²) in [6, 6.07) is 12.7. The number of hydrogen-bond donors (Lipinski definition) is 2. The van der Waals surface area contributed by atoms with Gasteiger partial charge in [0.25, 0.3) is 0 Å². The van der Waals surface area contributed by atoms with Gasteiger partial charge in [-0.05, 0) is 66.1 Å². The van der Waals surface area contributed by atoms with Crippen molar-refractivity contribution in [3.8, 4) is 11.3 Å². The Labute approximate surface area is 262 Å². The van der Waals surface area contributed by atoms with Gasteiger partial charge in [0.15, 0.2) is 0 Å². The number of amides is 2. The predicted octanol–water partition coefficient (Wildman–Crippen LogP) is 6.54. The number of halogens is 1. The second kappa shape index (κ2) is 13.4. The largest absolute Gasteiger partial charge is 0.443 e. The lowest BCUT2D eigenvalue weighted by atomic mass is 10.1. The number of nitrogens with one attached hydrogen (secondary N) is 2. The fourth-order valence-corrected chi connectivity index (χ4v) is 4.84. The van der Waals surface area contributed by atoms with E-state index in [0.29, 0.717) is 58.4 Å².